The van der Waals surface area contributed by atoms with Gasteiger partial charge in [0.2, 0.25) is 5.91 Å². The van der Waals surface area contributed by atoms with E-state index in [1.807, 2.05) is 68.1 Å². The Bertz CT molecular complexity index is 985. The van der Waals surface area contributed by atoms with Crippen molar-refractivity contribution in [3.8, 4) is 0 Å². The number of amides is 2. The van der Waals surface area contributed by atoms with E-state index in [9.17, 15) is 14.7 Å². The Labute approximate surface area is 212 Å². The molecule has 1 fully saturated rings. The van der Waals surface area contributed by atoms with E-state index in [4.69, 9.17) is 16.3 Å². The quantitative estimate of drug-likeness (QED) is 0.477. The monoisotopic (exact) mass is 501 g/mol. The highest BCUT2D eigenvalue weighted by Gasteiger charge is 2.40. The van der Waals surface area contributed by atoms with E-state index < -0.39 is 17.2 Å². The maximum atomic E-state index is 12.8. The van der Waals surface area contributed by atoms with Crippen molar-refractivity contribution < 1.29 is 19.4 Å². The zero-order chi connectivity index (χ0) is 25.5. The van der Waals surface area contributed by atoms with Crippen molar-refractivity contribution in [2.24, 2.45) is 0 Å². The van der Waals surface area contributed by atoms with Crippen LogP contribution in [-0.2, 0) is 15.1 Å². The zero-order valence-corrected chi connectivity index (χ0v) is 21.5. The summed E-state index contributed by atoms with van der Waals surface area (Å²) in [5.74, 6) is -0.182. The number of benzene rings is 2. The predicted molar refractivity (Wildman–Crippen MR) is 138 cm³/mol. The van der Waals surface area contributed by atoms with Crippen LogP contribution >= 0.6 is 11.6 Å². The van der Waals surface area contributed by atoms with Gasteiger partial charge in [0.25, 0.3) is 0 Å². The molecule has 2 aromatic rings. The molecule has 190 valence electrons. The number of aliphatic hydroxyl groups excluding tert-OH is 1. The number of carbonyl (C=O) groups excluding carboxylic acids is 2. The number of hydrogen-bond donors (Lipinski definition) is 3. The molecule has 0 spiro atoms. The SMILES string of the molecule is CC(C)(C)OC(=O)NC1(c2ccccc2)CCC(N(CCO)CC(=O)Nc2ccccc2Cl)CC1. The molecule has 0 bridgehead atoms. The van der Waals surface area contributed by atoms with Crippen LogP contribution in [0.2, 0.25) is 5.02 Å². The molecule has 2 amide bonds. The third kappa shape index (κ3) is 7.69. The molecule has 0 radical (unpaired) electrons. The first-order valence-corrected chi connectivity index (χ1v) is 12.5. The van der Waals surface area contributed by atoms with Gasteiger partial charge in [-0.05, 0) is 64.2 Å². The van der Waals surface area contributed by atoms with E-state index >= 15 is 0 Å². The molecule has 3 N–H and O–H groups in total. The highest BCUT2D eigenvalue weighted by Crippen LogP contribution is 2.39. The summed E-state index contributed by atoms with van der Waals surface area (Å²) in [5, 5.41) is 16.1. The number of ether oxygens (including phenoxy) is 1. The van der Waals surface area contributed by atoms with E-state index in [2.05, 4.69) is 10.6 Å². The number of anilines is 1. The van der Waals surface area contributed by atoms with E-state index in [-0.39, 0.29) is 25.1 Å². The van der Waals surface area contributed by atoms with Gasteiger partial charge < -0.3 is 20.5 Å². The Balaban J connectivity index is 1.70. The number of aliphatic hydroxyl groups is 1. The largest absolute Gasteiger partial charge is 0.444 e. The summed E-state index contributed by atoms with van der Waals surface area (Å²) in [4.78, 5) is 27.5. The fourth-order valence-corrected chi connectivity index (χ4v) is 4.84. The molecule has 8 heteroatoms. The second-order valence-corrected chi connectivity index (χ2v) is 10.4. The van der Waals surface area contributed by atoms with Crippen molar-refractivity contribution in [2.75, 3.05) is 25.0 Å². The number of alkyl carbamates (subject to hydrolysis) is 1. The lowest BCUT2D eigenvalue weighted by molar-refractivity contribution is -0.118. The molecule has 3 rings (SSSR count). The van der Waals surface area contributed by atoms with Gasteiger partial charge in [-0.3, -0.25) is 9.69 Å². The first kappa shape index (κ1) is 27.0. The summed E-state index contributed by atoms with van der Waals surface area (Å²) >= 11 is 6.17. The van der Waals surface area contributed by atoms with Gasteiger partial charge >= 0.3 is 6.09 Å². The minimum atomic E-state index is -0.591. The van der Waals surface area contributed by atoms with Crippen LogP contribution in [0.15, 0.2) is 54.6 Å². The summed E-state index contributed by atoms with van der Waals surface area (Å²) in [6.07, 6.45) is 2.45. The van der Waals surface area contributed by atoms with Crippen LogP contribution in [0.3, 0.4) is 0 Å². The van der Waals surface area contributed by atoms with E-state index in [1.54, 1.807) is 12.1 Å². The van der Waals surface area contributed by atoms with Crippen LogP contribution in [0.4, 0.5) is 10.5 Å². The number of halogens is 1. The van der Waals surface area contributed by atoms with E-state index in [0.717, 1.165) is 18.4 Å². The molecule has 35 heavy (non-hydrogen) atoms. The van der Waals surface area contributed by atoms with Gasteiger partial charge in [-0.25, -0.2) is 4.79 Å². The maximum absolute atomic E-state index is 12.8. The van der Waals surface area contributed by atoms with Gasteiger partial charge in [0.15, 0.2) is 0 Å². The third-order valence-corrected chi connectivity index (χ3v) is 6.60. The molecule has 1 aliphatic rings. The average molecular weight is 502 g/mol. The van der Waals surface area contributed by atoms with Gasteiger partial charge in [0.05, 0.1) is 29.4 Å². The first-order chi connectivity index (χ1) is 16.6. The van der Waals surface area contributed by atoms with Gasteiger partial charge in [-0.2, -0.15) is 0 Å². The van der Waals surface area contributed by atoms with Crippen molar-refractivity contribution in [2.45, 2.75) is 63.6 Å². The van der Waals surface area contributed by atoms with Crippen LogP contribution in [0.1, 0.15) is 52.0 Å². The summed E-state index contributed by atoms with van der Waals surface area (Å²) in [5.41, 5.74) is 0.461. The van der Waals surface area contributed by atoms with Crippen molar-refractivity contribution in [3.05, 3.63) is 65.2 Å². The molecule has 2 aromatic carbocycles. The van der Waals surface area contributed by atoms with Crippen molar-refractivity contribution in [1.82, 2.24) is 10.2 Å². The Morgan fingerprint density at radius 1 is 1.09 bits per heavy atom. The molecule has 0 saturated heterocycles. The lowest BCUT2D eigenvalue weighted by Crippen LogP contribution is -2.53. The minimum Gasteiger partial charge on any atom is -0.444 e. The average Bonchev–Trinajstić information content (AvgIpc) is 2.80. The van der Waals surface area contributed by atoms with Gasteiger partial charge in [-0.15, -0.1) is 0 Å². The highest BCUT2D eigenvalue weighted by atomic mass is 35.5. The van der Waals surface area contributed by atoms with Crippen LogP contribution in [-0.4, -0.2) is 53.3 Å². The molecular formula is C27H36ClN3O4. The molecule has 0 unspecified atom stereocenters. The fourth-order valence-electron chi connectivity index (χ4n) is 4.66. The topological polar surface area (TPSA) is 90.9 Å². The smallest absolute Gasteiger partial charge is 0.408 e. The lowest BCUT2D eigenvalue weighted by atomic mass is 9.74. The van der Waals surface area contributed by atoms with Gasteiger partial charge in [0, 0.05) is 12.6 Å². The summed E-state index contributed by atoms with van der Waals surface area (Å²) in [7, 11) is 0. The highest BCUT2D eigenvalue weighted by molar-refractivity contribution is 6.33. The number of rotatable bonds is 8. The lowest BCUT2D eigenvalue weighted by Gasteiger charge is -2.44. The van der Waals surface area contributed by atoms with Crippen LogP contribution in [0, 0.1) is 0 Å². The Morgan fingerprint density at radius 2 is 1.71 bits per heavy atom. The Morgan fingerprint density at radius 3 is 2.31 bits per heavy atom. The van der Waals surface area contributed by atoms with Crippen LogP contribution in [0.5, 0.6) is 0 Å². The summed E-state index contributed by atoms with van der Waals surface area (Å²) in [6.45, 7) is 6.03. The molecular weight excluding hydrogens is 466 g/mol. The third-order valence-electron chi connectivity index (χ3n) is 6.27. The predicted octanol–water partition coefficient (Wildman–Crippen LogP) is 4.94. The Kier molecular flexibility index (Phi) is 9.16. The van der Waals surface area contributed by atoms with Crippen LogP contribution in [0.25, 0.3) is 0 Å². The second kappa shape index (κ2) is 11.9. The Hall–Kier alpha value is -2.61. The molecule has 1 aliphatic carbocycles. The molecule has 7 nitrogen and oxygen atoms in total. The van der Waals surface area contributed by atoms with Crippen molar-refractivity contribution in [1.29, 1.82) is 0 Å². The molecule has 0 atom stereocenters. The second-order valence-electron chi connectivity index (χ2n) is 10.0. The normalized spacial score (nSPS) is 20.3. The zero-order valence-electron chi connectivity index (χ0n) is 20.7. The molecule has 0 aromatic heterocycles. The maximum Gasteiger partial charge on any atom is 0.408 e. The van der Waals surface area contributed by atoms with Crippen molar-refractivity contribution in [3.63, 3.8) is 0 Å². The molecule has 1 saturated carbocycles. The van der Waals surface area contributed by atoms with E-state index in [0.29, 0.717) is 30.1 Å². The van der Waals surface area contributed by atoms with Crippen molar-refractivity contribution >= 4 is 29.3 Å². The fraction of sp³-hybridized carbons (Fsp3) is 0.481. The number of para-hydroxylation sites is 1. The number of carbonyl (C=O) groups is 2. The molecule has 0 heterocycles. The van der Waals surface area contributed by atoms with Crippen LogP contribution < -0.4 is 10.6 Å². The van der Waals surface area contributed by atoms with Gasteiger partial charge in [-0.1, -0.05) is 54.1 Å². The number of hydrogen-bond acceptors (Lipinski definition) is 5. The summed E-state index contributed by atoms with van der Waals surface area (Å²) in [6, 6.07) is 17.2. The van der Waals surface area contributed by atoms with Gasteiger partial charge in [0.1, 0.15) is 5.60 Å². The molecule has 0 aliphatic heterocycles. The van der Waals surface area contributed by atoms with E-state index in [1.165, 1.54) is 0 Å². The first-order valence-electron chi connectivity index (χ1n) is 12.1. The minimum absolute atomic E-state index is 0.0458. The number of nitrogens with one attached hydrogen (secondary N) is 2. The standard InChI is InChI=1S/C27H36ClN3O4/c1-26(2,3)35-25(34)30-27(20-9-5-4-6-10-20)15-13-21(14-16-27)31(17-18-32)19-24(33)29-23-12-8-7-11-22(23)28/h4-12,21,32H,13-19H2,1-3H3,(H,29,33)(H,30,34). The summed E-state index contributed by atoms with van der Waals surface area (Å²) < 4.78 is 5.56. The number of nitrogens with zero attached hydrogens (tertiary/aromatic N) is 1.